The molecule has 0 aliphatic rings. The third-order valence-electron chi connectivity index (χ3n) is 2.98. The van der Waals surface area contributed by atoms with Crippen LogP contribution < -0.4 is 10.6 Å². The van der Waals surface area contributed by atoms with Gasteiger partial charge in [-0.1, -0.05) is 24.9 Å². The van der Waals surface area contributed by atoms with Crippen molar-refractivity contribution in [3.05, 3.63) is 29.2 Å². The first-order chi connectivity index (χ1) is 10.1. The molecule has 21 heavy (non-hydrogen) atoms. The molecule has 112 valence electrons. The molecular weight excluding hydrogens is 292 g/mol. The number of carbonyl (C=O) groups is 2. The first-order valence-electron chi connectivity index (χ1n) is 6.79. The van der Waals surface area contributed by atoms with E-state index in [1.165, 1.54) is 0 Å². The second-order valence-corrected chi connectivity index (χ2v) is 5.05. The first-order valence-corrected chi connectivity index (χ1v) is 7.17. The van der Waals surface area contributed by atoms with Crippen LogP contribution in [0.2, 0.25) is 5.15 Å². The molecule has 2 aromatic heterocycles. The second-order valence-electron chi connectivity index (χ2n) is 4.66. The molecule has 2 rings (SSSR count). The van der Waals surface area contributed by atoms with Crippen molar-refractivity contribution in [3.63, 3.8) is 0 Å². The Morgan fingerprint density at radius 1 is 1.33 bits per heavy atom. The van der Waals surface area contributed by atoms with Crippen LogP contribution in [-0.4, -0.2) is 34.9 Å². The second kappa shape index (κ2) is 7.08. The molecule has 0 aliphatic carbocycles. The van der Waals surface area contributed by atoms with E-state index >= 15 is 0 Å². The van der Waals surface area contributed by atoms with Gasteiger partial charge in [0, 0.05) is 11.9 Å². The summed E-state index contributed by atoms with van der Waals surface area (Å²) in [5.74, 6) is -0.536. The summed E-state index contributed by atoms with van der Waals surface area (Å²) in [5.41, 5.74) is 1.09. The third kappa shape index (κ3) is 4.19. The summed E-state index contributed by atoms with van der Waals surface area (Å²) in [5, 5.41) is 6.46. The number of hydrogen-bond acceptors (Lipinski definition) is 3. The minimum Gasteiger partial charge on any atom is -0.355 e. The van der Waals surface area contributed by atoms with Gasteiger partial charge in [0.25, 0.3) is 5.91 Å². The van der Waals surface area contributed by atoms with Crippen LogP contribution in [0, 0.1) is 0 Å². The predicted molar refractivity (Wildman–Crippen MR) is 81.4 cm³/mol. The molecule has 0 bridgehead atoms. The molecule has 0 aliphatic heterocycles. The number of nitrogens with one attached hydrogen (secondary N) is 3. The summed E-state index contributed by atoms with van der Waals surface area (Å²) in [4.78, 5) is 30.3. The van der Waals surface area contributed by atoms with Gasteiger partial charge in [-0.05, 0) is 18.6 Å². The van der Waals surface area contributed by atoms with Crippen LogP contribution in [0.3, 0.4) is 0 Å². The Bertz CT molecular complexity index is 653. The minimum atomic E-state index is -0.340. The lowest BCUT2D eigenvalue weighted by Crippen LogP contribution is -2.37. The number of halogens is 1. The summed E-state index contributed by atoms with van der Waals surface area (Å²) < 4.78 is 0. The topological polar surface area (TPSA) is 86.9 Å². The summed E-state index contributed by atoms with van der Waals surface area (Å²) in [6.07, 6.45) is 3.50. The van der Waals surface area contributed by atoms with E-state index in [0.29, 0.717) is 17.4 Å². The Morgan fingerprint density at radius 3 is 2.90 bits per heavy atom. The van der Waals surface area contributed by atoms with Crippen molar-refractivity contribution in [2.75, 3.05) is 13.1 Å². The summed E-state index contributed by atoms with van der Waals surface area (Å²) in [6, 6.07) is 3.34. The maximum absolute atomic E-state index is 12.0. The third-order valence-corrected chi connectivity index (χ3v) is 3.19. The highest BCUT2D eigenvalue weighted by molar-refractivity contribution is 6.30. The van der Waals surface area contributed by atoms with Gasteiger partial charge in [0.1, 0.15) is 10.8 Å². The Balaban J connectivity index is 1.91. The zero-order valence-corrected chi connectivity index (χ0v) is 12.5. The number of aromatic amines is 1. The smallest absolute Gasteiger partial charge is 0.268 e. The van der Waals surface area contributed by atoms with Gasteiger partial charge in [-0.25, -0.2) is 4.98 Å². The Morgan fingerprint density at radius 2 is 2.14 bits per heavy atom. The van der Waals surface area contributed by atoms with Gasteiger partial charge < -0.3 is 15.6 Å². The van der Waals surface area contributed by atoms with Crippen molar-refractivity contribution in [3.8, 4) is 0 Å². The molecule has 2 heterocycles. The first kappa shape index (κ1) is 15.3. The van der Waals surface area contributed by atoms with Crippen molar-refractivity contribution < 1.29 is 9.59 Å². The van der Waals surface area contributed by atoms with Gasteiger partial charge in [0.05, 0.1) is 18.3 Å². The molecule has 0 saturated carbocycles. The number of H-pyrrole nitrogens is 1. The van der Waals surface area contributed by atoms with Crippen molar-refractivity contribution in [2.45, 2.75) is 19.8 Å². The lowest BCUT2D eigenvalue weighted by atomic mass is 10.3. The van der Waals surface area contributed by atoms with E-state index in [1.807, 2.05) is 6.92 Å². The number of pyridine rings is 1. The van der Waals surface area contributed by atoms with Gasteiger partial charge in [-0.2, -0.15) is 0 Å². The molecule has 0 aromatic carbocycles. The predicted octanol–water partition coefficient (Wildman–Crippen LogP) is 1.86. The highest BCUT2D eigenvalue weighted by atomic mass is 35.5. The van der Waals surface area contributed by atoms with Gasteiger partial charge >= 0.3 is 0 Å². The Kier molecular flexibility index (Phi) is 5.16. The van der Waals surface area contributed by atoms with E-state index in [1.54, 1.807) is 18.3 Å². The van der Waals surface area contributed by atoms with Crippen molar-refractivity contribution in [1.82, 2.24) is 20.6 Å². The number of aromatic nitrogens is 2. The molecule has 2 aromatic rings. The van der Waals surface area contributed by atoms with E-state index in [4.69, 9.17) is 11.6 Å². The minimum absolute atomic E-state index is 0.0447. The lowest BCUT2D eigenvalue weighted by Gasteiger charge is -2.05. The van der Waals surface area contributed by atoms with E-state index in [9.17, 15) is 9.59 Å². The number of carbonyl (C=O) groups excluding carboxylic acids is 2. The molecule has 0 unspecified atom stereocenters. The molecule has 0 spiro atoms. The maximum Gasteiger partial charge on any atom is 0.268 e. The monoisotopic (exact) mass is 308 g/mol. The van der Waals surface area contributed by atoms with Crippen LogP contribution in [-0.2, 0) is 4.79 Å². The molecular formula is C14H17ClN4O2. The average molecular weight is 309 g/mol. The van der Waals surface area contributed by atoms with Crippen molar-refractivity contribution in [2.24, 2.45) is 0 Å². The zero-order chi connectivity index (χ0) is 15.2. The van der Waals surface area contributed by atoms with E-state index in [-0.39, 0.29) is 18.4 Å². The SMILES string of the molecule is CCCCNC(=O)CNC(=O)c1cc2cc(Cl)ncc2[nH]1. The zero-order valence-electron chi connectivity index (χ0n) is 11.7. The number of hydrogen-bond donors (Lipinski definition) is 3. The normalized spacial score (nSPS) is 10.6. The van der Waals surface area contributed by atoms with Crippen LogP contribution in [0.4, 0.5) is 0 Å². The largest absolute Gasteiger partial charge is 0.355 e. The fourth-order valence-corrected chi connectivity index (χ4v) is 2.02. The Labute approximate surface area is 127 Å². The number of amides is 2. The molecule has 0 radical (unpaired) electrons. The van der Waals surface area contributed by atoms with Crippen LogP contribution in [0.25, 0.3) is 10.9 Å². The molecule has 6 nitrogen and oxygen atoms in total. The molecule has 2 amide bonds. The number of unbranched alkanes of at least 4 members (excludes halogenated alkanes) is 1. The van der Waals surface area contributed by atoms with Crippen molar-refractivity contribution in [1.29, 1.82) is 0 Å². The lowest BCUT2D eigenvalue weighted by molar-refractivity contribution is -0.120. The van der Waals surface area contributed by atoms with Crippen LogP contribution in [0.15, 0.2) is 18.3 Å². The molecule has 3 N–H and O–H groups in total. The van der Waals surface area contributed by atoms with Gasteiger partial charge in [0.2, 0.25) is 5.91 Å². The average Bonchev–Trinajstić information content (AvgIpc) is 2.88. The standard InChI is InChI=1S/C14H17ClN4O2/c1-2-3-4-16-13(20)8-18-14(21)10-5-9-6-12(15)17-7-11(9)19-10/h5-7,19H,2-4,8H2,1H3,(H,16,20)(H,18,21). The summed E-state index contributed by atoms with van der Waals surface area (Å²) in [7, 11) is 0. The van der Waals surface area contributed by atoms with Gasteiger partial charge in [-0.15, -0.1) is 0 Å². The van der Waals surface area contributed by atoms with Crippen molar-refractivity contribution >= 4 is 34.3 Å². The van der Waals surface area contributed by atoms with Crippen LogP contribution in [0.5, 0.6) is 0 Å². The molecule has 0 fully saturated rings. The van der Waals surface area contributed by atoms with E-state index < -0.39 is 0 Å². The number of nitrogens with zero attached hydrogens (tertiary/aromatic N) is 1. The van der Waals surface area contributed by atoms with Crippen LogP contribution >= 0.6 is 11.6 Å². The fourth-order valence-electron chi connectivity index (χ4n) is 1.85. The summed E-state index contributed by atoms with van der Waals surface area (Å²) >= 11 is 5.79. The maximum atomic E-state index is 12.0. The molecule has 0 atom stereocenters. The quantitative estimate of drug-likeness (QED) is 0.562. The van der Waals surface area contributed by atoms with Gasteiger partial charge in [-0.3, -0.25) is 9.59 Å². The Hall–Kier alpha value is -2.08. The highest BCUT2D eigenvalue weighted by Crippen LogP contribution is 2.17. The number of rotatable bonds is 6. The highest BCUT2D eigenvalue weighted by Gasteiger charge is 2.11. The fraction of sp³-hybridized carbons (Fsp3) is 0.357. The van der Waals surface area contributed by atoms with E-state index in [0.717, 1.165) is 23.7 Å². The van der Waals surface area contributed by atoms with Crippen LogP contribution in [0.1, 0.15) is 30.3 Å². The molecule has 7 heteroatoms. The number of fused-ring (bicyclic) bond motifs is 1. The van der Waals surface area contributed by atoms with Gasteiger partial charge in [0.15, 0.2) is 0 Å². The molecule has 0 saturated heterocycles. The summed E-state index contributed by atoms with van der Waals surface area (Å²) in [6.45, 7) is 2.63. The van der Waals surface area contributed by atoms with E-state index in [2.05, 4.69) is 20.6 Å².